The van der Waals surface area contributed by atoms with Gasteiger partial charge >= 0.3 is 29.6 Å². The van der Waals surface area contributed by atoms with E-state index < -0.39 is 20.2 Å². The van der Waals surface area contributed by atoms with Gasteiger partial charge in [0.1, 0.15) is 10.1 Å². The summed E-state index contributed by atoms with van der Waals surface area (Å²) in [5.74, 6) is 0. The fourth-order valence-electron chi connectivity index (χ4n) is 11.8. The normalized spacial score (nSPS) is 11.8. The first kappa shape index (κ1) is 75.8. The zero-order valence-electron chi connectivity index (χ0n) is 52.1. The van der Waals surface area contributed by atoms with Gasteiger partial charge in [0.2, 0.25) is 0 Å². The molecule has 0 aliphatic heterocycles. The maximum atomic E-state index is 12.8. The van der Waals surface area contributed by atoms with Crippen molar-refractivity contribution in [1.29, 1.82) is 0 Å². The van der Waals surface area contributed by atoms with Crippen LogP contribution < -0.4 is 29.6 Å². The monoisotopic (exact) mass is 1140 g/mol. The fraction of sp³-hybridized carbons (Fsp3) is 0.771. The van der Waals surface area contributed by atoms with E-state index in [1.807, 2.05) is 0 Å². The summed E-state index contributed by atoms with van der Waals surface area (Å²) in [5, 5.41) is 1.23. The van der Waals surface area contributed by atoms with E-state index in [-0.39, 0.29) is 39.3 Å². The van der Waals surface area contributed by atoms with E-state index in [1.54, 1.807) is 42.5 Å². The molecular weight excluding hydrogens is 1020 g/mol. The summed E-state index contributed by atoms with van der Waals surface area (Å²) in [5.41, 5.74) is 3.57. The maximum absolute atomic E-state index is 12.8. The van der Waals surface area contributed by atoms with Gasteiger partial charge < -0.3 is 4.55 Å². The minimum atomic E-state index is -4.38. The Bertz CT molecular complexity index is 2060. The first-order chi connectivity index (χ1) is 38.0. The Kier molecular flexibility index (Phi) is 50.2. The molecule has 0 aliphatic carbocycles. The molecule has 3 aromatic carbocycles. The predicted molar refractivity (Wildman–Crippen MR) is 338 cm³/mol. The van der Waals surface area contributed by atoms with Gasteiger partial charge in [0.25, 0.3) is 10.1 Å². The summed E-state index contributed by atoms with van der Waals surface area (Å²) >= 11 is 0. The van der Waals surface area contributed by atoms with Crippen molar-refractivity contribution in [3.05, 3.63) is 71.3 Å². The molecule has 0 saturated heterocycles. The van der Waals surface area contributed by atoms with Crippen molar-refractivity contribution in [2.45, 2.75) is 358 Å². The smallest absolute Gasteiger partial charge is 0.744 e. The van der Waals surface area contributed by atoms with Crippen LogP contribution in [0.4, 0.5) is 0 Å². The quantitative estimate of drug-likeness (QED) is 0.0342. The second-order valence-electron chi connectivity index (χ2n) is 23.7. The zero-order chi connectivity index (χ0) is 56.5. The number of hydrogen-bond acceptors (Lipinski definition) is 5. The molecule has 0 radical (unpaired) electrons. The van der Waals surface area contributed by atoms with Crippen LogP contribution >= 0.6 is 0 Å². The van der Waals surface area contributed by atoms with Crippen LogP contribution in [0.25, 0.3) is 10.8 Å². The van der Waals surface area contributed by atoms with Gasteiger partial charge in [-0.15, -0.1) is 0 Å². The van der Waals surface area contributed by atoms with Gasteiger partial charge in [-0.05, 0) is 78.1 Å². The molecule has 0 unspecified atom stereocenters. The molecular formula is C70H121NaO6S2. The number of hydrogen-bond donors (Lipinski definition) is 1. The van der Waals surface area contributed by atoms with Crippen molar-refractivity contribution in [1.82, 2.24) is 0 Å². The van der Waals surface area contributed by atoms with Crippen molar-refractivity contribution in [2.75, 3.05) is 0 Å². The van der Waals surface area contributed by atoms with Gasteiger partial charge in [-0.3, -0.25) is 4.55 Å². The molecule has 6 nitrogen and oxygen atoms in total. The van der Waals surface area contributed by atoms with E-state index in [0.29, 0.717) is 5.39 Å². The van der Waals surface area contributed by atoms with E-state index in [2.05, 4.69) is 26.8 Å². The topological polar surface area (TPSA) is 112 Å². The summed E-state index contributed by atoms with van der Waals surface area (Å²) in [4.78, 5) is 0.0336. The van der Waals surface area contributed by atoms with Crippen molar-refractivity contribution >= 4 is 31.0 Å². The van der Waals surface area contributed by atoms with Crippen molar-refractivity contribution in [3.8, 4) is 0 Å². The van der Waals surface area contributed by atoms with Crippen LogP contribution in [0.3, 0.4) is 0 Å². The number of fused-ring (bicyclic) bond motifs is 1. The number of unbranched alkanes of at least 4 members (excludes halogenated alkanes) is 45. The molecule has 0 spiro atoms. The van der Waals surface area contributed by atoms with E-state index in [1.165, 1.54) is 306 Å². The van der Waals surface area contributed by atoms with E-state index >= 15 is 0 Å². The van der Waals surface area contributed by atoms with Gasteiger partial charge in [-0.25, -0.2) is 8.42 Å². The summed E-state index contributed by atoms with van der Waals surface area (Å²) < 4.78 is 68.7. The second-order valence-corrected chi connectivity index (χ2v) is 26.5. The van der Waals surface area contributed by atoms with Crippen LogP contribution in [0, 0.1) is 0 Å². The van der Waals surface area contributed by atoms with Crippen LogP contribution in [0.15, 0.2) is 64.4 Å². The zero-order valence-corrected chi connectivity index (χ0v) is 55.7. The SMILES string of the molecule is CCCCCCCCCCCCCCCCCCc1ccc(S(=O)(=O)O)c(CCCCCCCCCCCCCCCCCC)c1CCCCCCCCCCCCCCCCCC.O=S(=O)([O-])c1cccc2ccccc12.[Na+]. The third-order valence-electron chi connectivity index (χ3n) is 16.6. The Balaban J connectivity index is 0.00000178. The molecule has 0 aromatic heterocycles. The number of rotatable bonds is 53. The molecule has 0 heterocycles. The molecule has 450 valence electrons. The van der Waals surface area contributed by atoms with E-state index in [9.17, 15) is 25.9 Å². The van der Waals surface area contributed by atoms with Crippen LogP contribution in [0.5, 0.6) is 0 Å². The van der Waals surface area contributed by atoms with Crippen LogP contribution in [0.1, 0.15) is 346 Å². The second kappa shape index (κ2) is 52.3. The fourth-order valence-corrected chi connectivity index (χ4v) is 13.2. The van der Waals surface area contributed by atoms with Crippen LogP contribution in [0.2, 0.25) is 0 Å². The molecule has 0 atom stereocenters. The maximum Gasteiger partial charge on any atom is 1.00 e. The largest absolute Gasteiger partial charge is 1.00 e. The molecule has 3 rings (SSSR count). The Hall–Kier alpha value is -1.26. The summed E-state index contributed by atoms with van der Waals surface area (Å²) in [7, 11) is -8.64. The predicted octanol–water partition coefficient (Wildman–Crippen LogP) is 20.1. The van der Waals surface area contributed by atoms with Crippen molar-refractivity contribution in [2.24, 2.45) is 0 Å². The molecule has 0 saturated carbocycles. The molecule has 0 fully saturated rings. The van der Waals surface area contributed by atoms with Crippen molar-refractivity contribution < 1.29 is 55.5 Å². The Morgan fingerprint density at radius 2 is 0.595 bits per heavy atom. The van der Waals surface area contributed by atoms with Crippen molar-refractivity contribution in [3.63, 3.8) is 0 Å². The molecule has 0 aliphatic rings. The van der Waals surface area contributed by atoms with E-state index in [0.717, 1.165) is 49.5 Å². The molecule has 1 N–H and O–H groups in total. The third kappa shape index (κ3) is 40.6. The van der Waals surface area contributed by atoms with E-state index in [4.69, 9.17) is 0 Å². The first-order valence-electron chi connectivity index (χ1n) is 33.6. The van der Waals surface area contributed by atoms with Gasteiger partial charge in [-0.2, -0.15) is 8.42 Å². The minimum Gasteiger partial charge on any atom is -0.744 e. The third-order valence-corrected chi connectivity index (χ3v) is 18.5. The number of aryl methyl sites for hydroxylation is 1. The Morgan fingerprint density at radius 1 is 0.316 bits per heavy atom. The molecule has 0 amide bonds. The van der Waals surface area contributed by atoms with Gasteiger partial charge in [-0.1, -0.05) is 352 Å². The molecule has 0 bridgehead atoms. The number of benzene rings is 3. The van der Waals surface area contributed by atoms with Gasteiger partial charge in [0.05, 0.1) is 9.79 Å². The summed E-state index contributed by atoms with van der Waals surface area (Å²) in [6, 6.07) is 15.4. The average Bonchev–Trinajstić information content (AvgIpc) is 3.46. The van der Waals surface area contributed by atoms with Crippen LogP contribution in [-0.2, 0) is 39.5 Å². The molecule has 79 heavy (non-hydrogen) atoms. The summed E-state index contributed by atoms with van der Waals surface area (Å²) in [6.07, 6.45) is 67.9. The van der Waals surface area contributed by atoms with Gasteiger partial charge in [0, 0.05) is 0 Å². The Morgan fingerprint density at radius 3 is 0.911 bits per heavy atom. The van der Waals surface area contributed by atoms with Gasteiger partial charge in [0.15, 0.2) is 0 Å². The first-order valence-corrected chi connectivity index (χ1v) is 36.4. The minimum absolute atomic E-state index is 0. The summed E-state index contributed by atoms with van der Waals surface area (Å²) in [6.45, 7) is 6.89. The standard InChI is InChI=1S/C60H114O3S.C10H8O3S.Na/c1-4-7-10-13-16-19-22-25-28-31-34-37-40-43-46-49-52-57-55-56-60(64(61,62)63)59(54-51-48-45-42-39-36-33-30-27-24-21-18-15-12-9-6-3)58(57)53-50-47-44-41-38-35-32-29-26-23-20-17-14-11-8-5-2;11-14(12,13)10-7-3-5-8-4-1-2-6-9(8)10;/h55-56H,4-54H2,1-3H3,(H,61,62,63);1-7H,(H,11,12,13);/q;;+1/p-1. The molecule has 3 aromatic rings. The molecule has 9 heteroatoms. The average molecular weight is 1150 g/mol. The Labute approximate surface area is 512 Å². The van der Waals surface area contributed by atoms with Crippen LogP contribution in [-0.4, -0.2) is 25.9 Å².